The molecule has 0 saturated heterocycles. The van der Waals surface area contributed by atoms with Gasteiger partial charge in [0.25, 0.3) is 0 Å². The summed E-state index contributed by atoms with van der Waals surface area (Å²) in [5.41, 5.74) is 0. The monoisotopic (exact) mass is 284 g/mol. The number of unbranched alkanes of at least 4 members (excludes halogenated alkanes) is 1. The van der Waals surface area contributed by atoms with Crippen molar-refractivity contribution in [2.75, 3.05) is 6.61 Å². The van der Waals surface area contributed by atoms with Crippen molar-refractivity contribution in [3.63, 3.8) is 0 Å². The topological polar surface area (TPSA) is 43.4 Å². The summed E-state index contributed by atoms with van der Waals surface area (Å²) in [5, 5.41) is 0. The van der Waals surface area contributed by atoms with E-state index >= 15 is 0 Å². The van der Waals surface area contributed by atoms with E-state index in [0.29, 0.717) is 13.0 Å². The van der Waals surface area contributed by atoms with Crippen molar-refractivity contribution in [1.29, 1.82) is 0 Å². The zero-order chi connectivity index (χ0) is 15.4. The third-order valence-electron chi connectivity index (χ3n) is 3.63. The van der Waals surface area contributed by atoms with Crippen LogP contribution >= 0.6 is 0 Å². The first-order valence-corrected chi connectivity index (χ1v) is 8.31. The van der Waals surface area contributed by atoms with Crippen LogP contribution in [0, 0.1) is 11.8 Å². The third kappa shape index (κ3) is 7.06. The van der Waals surface area contributed by atoms with E-state index in [1.165, 1.54) is 0 Å². The maximum absolute atomic E-state index is 12.4. The van der Waals surface area contributed by atoms with Gasteiger partial charge in [-0.3, -0.25) is 9.59 Å². The van der Waals surface area contributed by atoms with Crippen LogP contribution < -0.4 is 0 Å². The lowest BCUT2D eigenvalue weighted by Crippen LogP contribution is -2.31. The molecule has 20 heavy (non-hydrogen) atoms. The van der Waals surface area contributed by atoms with Crippen molar-refractivity contribution in [2.45, 2.75) is 79.1 Å². The largest absolute Gasteiger partial charge is 0.465 e. The van der Waals surface area contributed by atoms with E-state index in [1.807, 2.05) is 6.92 Å². The van der Waals surface area contributed by atoms with Crippen molar-refractivity contribution < 1.29 is 14.3 Å². The first-order chi connectivity index (χ1) is 9.62. The van der Waals surface area contributed by atoms with Crippen LogP contribution in [-0.2, 0) is 14.3 Å². The Balaban J connectivity index is 4.82. The molecule has 3 nitrogen and oxygen atoms in total. The fraction of sp³-hybridized carbons (Fsp3) is 0.882. The highest BCUT2D eigenvalue weighted by molar-refractivity contribution is 5.86. The molecule has 0 aromatic rings. The van der Waals surface area contributed by atoms with Gasteiger partial charge in [-0.2, -0.15) is 0 Å². The van der Waals surface area contributed by atoms with Gasteiger partial charge in [0, 0.05) is 12.3 Å². The van der Waals surface area contributed by atoms with E-state index in [-0.39, 0.29) is 23.6 Å². The number of ether oxygens (including phenoxy) is 1. The average molecular weight is 284 g/mol. The van der Waals surface area contributed by atoms with Gasteiger partial charge >= 0.3 is 5.97 Å². The number of rotatable bonds is 12. The number of hydrogen-bond acceptors (Lipinski definition) is 3. The van der Waals surface area contributed by atoms with Crippen molar-refractivity contribution in [3.05, 3.63) is 0 Å². The first-order valence-electron chi connectivity index (χ1n) is 8.31. The highest BCUT2D eigenvalue weighted by atomic mass is 16.5. The van der Waals surface area contributed by atoms with Gasteiger partial charge in [0.2, 0.25) is 0 Å². The van der Waals surface area contributed by atoms with Crippen LogP contribution in [0.2, 0.25) is 0 Å². The molecule has 0 heterocycles. The van der Waals surface area contributed by atoms with Crippen molar-refractivity contribution >= 4 is 11.8 Å². The molecular formula is C17H32O3. The van der Waals surface area contributed by atoms with E-state index in [0.717, 1.165) is 44.9 Å². The molecule has 0 aliphatic carbocycles. The van der Waals surface area contributed by atoms with Gasteiger partial charge < -0.3 is 4.74 Å². The summed E-state index contributed by atoms with van der Waals surface area (Å²) >= 11 is 0. The minimum atomic E-state index is -0.240. The molecule has 0 spiro atoms. The molecule has 0 amide bonds. The quantitative estimate of drug-likeness (QED) is 0.494. The Labute approximate surface area is 124 Å². The lowest BCUT2D eigenvalue weighted by molar-refractivity contribution is -0.153. The second-order valence-electron chi connectivity index (χ2n) is 5.53. The SMILES string of the molecule is CCCCC(=O)C(CCC)C(CCC)C(=O)OCCC. The van der Waals surface area contributed by atoms with Gasteiger partial charge in [-0.25, -0.2) is 0 Å². The fourth-order valence-electron chi connectivity index (χ4n) is 2.54. The normalized spacial score (nSPS) is 13.8. The van der Waals surface area contributed by atoms with Gasteiger partial charge in [-0.05, 0) is 25.7 Å². The van der Waals surface area contributed by atoms with E-state index in [1.54, 1.807) is 0 Å². The summed E-state index contributed by atoms with van der Waals surface area (Å²) in [4.78, 5) is 24.6. The van der Waals surface area contributed by atoms with Gasteiger partial charge in [0.1, 0.15) is 5.78 Å². The maximum atomic E-state index is 12.4. The fourth-order valence-corrected chi connectivity index (χ4v) is 2.54. The molecule has 0 bridgehead atoms. The second-order valence-corrected chi connectivity index (χ2v) is 5.53. The number of carbonyl (C=O) groups is 2. The second kappa shape index (κ2) is 11.9. The van der Waals surface area contributed by atoms with Gasteiger partial charge in [0.15, 0.2) is 0 Å². The number of esters is 1. The summed E-state index contributed by atoms with van der Waals surface area (Å²) in [6.45, 7) is 8.65. The molecule has 0 saturated carbocycles. The van der Waals surface area contributed by atoms with Crippen molar-refractivity contribution in [2.24, 2.45) is 11.8 Å². The minimum absolute atomic E-state index is 0.143. The summed E-state index contributed by atoms with van der Waals surface area (Å²) in [7, 11) is 0. The van der Waals surface area contributed by atoms with E-state index in [9.17, 15) is 9.59 Å². The van der Waals surface area contributed by atoms with Crippen LogP contribution in [0.4, 0.5) is 0 Å². The molecule has 0 aliphatic rings. The summed E-state index contributed by atoms with van der Waals surface area (Å²) < 4.78 is 5.30. The molecule has 0 N–H and O–H groups in total. The molecule has 118 valence electrons. The van der Waals surface area contributed by atoms with Crippen LogP contribution in [-0.4, -0.2) is 18.4 Å². The highest BCUT2D eigenvalue weighted by Gasteiger charge is 2.32. The Bertz CT molecular complexity index is 245. The van der Waals surface area contributed by atoms with Crippen LogP contribution in [0.5, 0.6) is 0 Å². The Morgan fingerprint density at radius 3 is 1.95 bits per heavy atom. The number of ketones is 1. The van der Waals surface area contributed by atoms with Gasteiger partial charge in [-0.15, -0.1) is 0 Å². The molecular weight excluding hydrogens is 252 g/mol. The molecule has 2 unspecified atom stereocenters. The lowest BCUT2D eigenvalue weighted by Gasteiger charge is -2.24. The summed E-state index contributed by atoms with van der Waals surface area (Å²) in [6, 6.07) is 0. The Morgan fingerprint density at radius 1 is 0.850 bits per heavy atom. The summed E-state index contributed by atoms with van der Waals surface area (Å²) in [5.74, 6) is -0.302. The van der Waals surface area contributed by atoms with Crippen LogP contribution in [0.25, 0.3) is 0 Å². The van der Waals surface area contributed by atoms with Gasteiger partial charge in [-0.1, -0.05) is 47.0 Å². The maximum Gasteiger partial charge on any atom is 0.309 e. The smallest absolute Gasteiger partial charge is 0.309 e. The van der Waals surface area contributed by atoms with E-state index in [2.05, 4.69) is 20.8 Å². The first kappa shape index (κ1) is 19.1. The average Bonchev–Trinajstić information content (AvgIpc) is 2.45. The zero-order valence-corrected chi connectivity index (χ0v) is 13.7. The standard InChI is InChI=1S/C17H32O3/c1-5-9-12-16(18)14(10-6-2)15(11-7-3)17(19)20-13-8-4/h14-15H,5-13H2,1-4H3. The molecule has 2 atom stereocenters. The molecule has 0 aliphatic heterocycles. The summed E-state index contributed by atoms with van der Waals surface area (Å²) in [6.07, 6.45) is 6.76. The number of Topliss-reactive ketones (excluding diaryl/α,β-unsaturated/α-hetero) is 1. The Hall–Kier alpha value is -0.860. The van der Waals surface area contributed by atoms with Gasteiger partial charge in [0.05, 0.1) is 12.5 Å². The Morgan fingerprint density at radius 2 is 1.45 bits per heavy atom. The van der Waals surface area contributed by atoms with Crippen LogP contribution in [0.3, 0.4) is 0 Å². The number of hydrogen-bond donors (Lipinski definition) is 0. The predicted octanol–water partition coefficient (Wildman–Crippen LogP) is 4.53. The molecule has 0 fully saturated rings. The Kier molecular flexibility index (Phi) is 11.4. The lowest BCUT2D eigenvalue weighted by atomic mass is 9.81. The molecule has 3 heteroatoms. The van der Waals surface area contributed by atoms with E-state index in [4.69, 9.17) is 4.74 Å². The number of carbonyl (C=O) groups excluding carboxylic acids is 2. The predicted molar refractivity (Wildman–Crippen MR) is 82.6 cm³/mol. The van der Waals surface area contributed by atoms with E-state index < -0.39 is 0 Å². The molecule has 0 aromatic carbocycles. The van der Waals surface area contributed by atoms with Crippen molar-refractivity contribution in [3.8, 4) is 0 Å². The zero-order valence-electron chi connectivity index (χ0n) is 13.7. The van der Waals surface area contributed by atoms with Crippen LogP contribution in [0.1, 0.15) is 79.1 Å². The van der Waals surface area contributed by atoms with Crippen LogP contribution in [0.15, 0.2) is 0 Å². The van der Waals surface area contributed by atoms with Crippen molar-refractivity contribution in [1.82, 2.24) is 0 Å². The molecule has 0 aromatic heterocycles. The molecule has 0 radical (unpaired) electrons. The third-order valence-corrected chi connectivity index (χ3v) is 3.63. The highest BCUT2D eigenvalue weighted by Crippen LogP contribution is 2.27. The minimum Gasteiger partial charge on any atom is -0.465 e. The molecule has 0 rings (SSSR count).